The highest BCUT2D eigenvalue weighted by molar-refractivity contribution is 5.70. The Balaban J connectivity index is 1.82. The molecule has 2 bridgehead atoms. The standard InChI is InChI=1S/C16H27NO3/c1-15(2,3)20-14(18)17-12-7-6-11(10-12)13(17)16(19)8-4-5-9-16/h11-13,19H,4-10H2,1-3H3/t11-,12+,13-/m0/s1. The van der Waals surface area contributed by atoms with Gasteiger partial charge >= 0.3 is 6.09 Å². The van der Waals surface area contributed by atoms with Crippen LogP contribution >= 0.6 is 0 Å². The van der Waals surface area contributed by atoms with Crippen LogP contribution < -0.4 is 0 Å². The molecule has 3 atom stereocenters. The smallest absolute Gasteiger partial charge is 0.410 e. The van der Waals surface area contributed by atoms with E-state index < -0.39 is 11.2 Å². The fourth-order valence-electron chi connectivity index (χ4n) is 4.54. The zero-order chi connectivity index (χ0) is 14.5. The monoisotopic (exact) mass is 281 g/mol. The lowest BCUT2D eigenvalue weighted by Crippen LogP contribution is -2.57. The van der Waals surface area contributed by atoms with Crippen LogP contribution in [0.3, 0.4) is 0 Å². The van der Waals surface area contributed by atoms with Crippen molar-refractivity contribution < 1.29 is 14.6 Å². The molecule has 3 fully saturated rings. The summed E-state index contributed by atoms with van der Waals surface area (Å²) >= 11 is 0. The summed E-state index contributed by atoms with van der Waals surface area (Å²) in [4.78, 5) is 14.4. The lowest BCUT2D eigenvalue weighted by atomic mass is 9.82. The van der Waals surface area contributed by atoms with Gasteiger partial charge in [-0.15, -0.1) is 0 Å². The average molecular weight is 281 g/mol. The molecule has 1 amide bonds. The van der Waals surface area contributed by atoms with Crippen LogP contribution in [0.15, 0.2) is 0 Å². The topological polar surface area (TPSA) is 49.8 Å². The quantitative estimate of drug-likeness (QED) is 0.803. The Hall–Kier alpha value is -0.770. The maximum Gasteiger partial charge on any atom is 0.410 e. The van der Waals surface area contributed by atoms with Crippen molar-refractivity contribution >= 4 is 6.09 Å². The SMILES string of the molecule is CC(C)(C)OC(=O)N1[C@@H]2CC[C@@H](C2)[C@H]1C1(O)CCCC1. The summed E-state index contributed by atoms with van der Waals surface area (Å²) in [6, 6.07) is 0.267. The Morgan fingerprint density at radius 3 is 2.50 bits per heavy atom. The van der Waals surface area contributed by atoms with Crippen molar-refractivity contribution in [3.05, 3.63) is 0 Å². The maximum atomic E-state index is 12.6. The molecule has 20 heavy (non-hydrogen) atoms. The molecule has 0 aromatic carbocycles. The molecule has 0 radical (unpaired) electrons. The minimum absolute atomic E-state index is 0.0152. The van der Waals surface area contributed by atoms with Crippen molar-refractivity contribution in [2.75, 3.05) is 0 Å². The predicted octanol–water partition coefficient (Wildman–Crippen LogP) is 3.08. The molecule has 1 heterocycles. The Kier molecular flexibility index (Phi) is 3.27. The molecule has 114 valence electrons. The van der Waals surface area contributed by atoms with Gasteiger partial charge in [-0.05, 0) is 58.8 Å². The summed E-state index contributed by atoms with van der Waals surface area (Å²) in [5.41, 5.74) is -1.14. The lowest BCUT2D eigenvalue weighted by molar-refractivity contribution is -0.0677. The van der Waals surface area contributed by atoms with Crippen LogP contribution in [0.5, 0.6) is 0 Å². The van der Waals surface area contributed by atoms with Gasteiger partial charge in [-0.1, -0.05) is 12.8 Å². The van der Waals surface area contributed by atoms with Gasteiger partial charge < -0.3 is 9.84 Å². The van der Waals surface area contributed by atoms with Gasteiger partial charge in [0.25, 0.3) is 0 Å². The van der Waals surface area contributed by atoms with Gasteiger partial charge in [0.05, 0.1) is 11.6 Å². The van der Waals surface area contributed by atoms with Crippen LogP contribution in [0.4, 0.5) is 4.79 Å². The number of carbonyl (C=O) groups excluding carboxylic acids is 1. The van der Waals surface area contributed by atoms with Crippen LogP contribution in [0.2, 0.25) is 0 Å². The number of amides is 1. The van der Waals surface area contributed by atoms with Crippen LogP contribution in [-0.2, 0) is 4.74 Å². The minimum atomic E-state index is -0.670. The fourth-order valence-corrected chi connectivity index (χ4v) is 4.54. The molecule has 0 aromatic rings. The van der Waals surface area contributed by atoms with Gasteiger partial charge in [0.15, 0.2) is 0 Å². The molecule has 4 heteroatoms. The number of rotatable bonds is 1. The van der Waals surface area contributed by atoms with Crippen LogP contribution in [0, 0.1) is 5.92 Å². The molecular formula is C16H27NO3. The number of fused-ring (bicyclic) bond motifs is 2. The van der Waals surface area contributed by atoms with Crippen molar-refractivity contribution in [3.63, 3.8) is 0 Å². The number of carbonyl (C=O) groups is 1. The number of hydrogen-bond acceptors (Lipinski definition) is 3. The fraction of sp³-hybridized carbons (Fsp3) is 0.938. The van der Waals surface area contributed by atoms with Crippen molar-refractivity contribution in [1.29, 1.82) is 0 Å². The third-order valence-corrected chi connectivity index (χ3v) is 5.21. The summed E-state index contributed by atoms with van der Waals surface area (Å²) in [6.07, 6.45) is 6.86. The number of ether oxygens (including phenoxy) is 1. The van der Waals surface area contributed by atoms with Gasteiger partial charge in [-0.2, -0.15) is 0 Å². The van der Waals surface area contributed by atoms with E-state index in [1.165, 1.54) is 0 Å². The van der Waals surface area contributed by atoms with E-state index in [1.54, 1.807) is 0 Å². The molecule has 4 nitrogen and oxygen atoms in total. The van der Waals surface area contributed by atoms with E-state index in [0.717, 1.165) is 44.9 Å². The van der Waals surface area contributed by atoms with E-state index in [2.05, 4.69) is 0 Å². The van der Waals surface area contributed by atoms with Crippen LogP contribution in [-0.4, -0.2) is 39.4 Å². The lowest BCUT2D eigenvalue weighted by Gasteiger charge is -2.43. The second kappa shape index (κ2) is 4.62. The number of likely N-dealkylation sites (tertiary alicyclic amines) is 1. The predicted molar refractivity (Wildman–Crippen MR) is 76.4 cm³/mol. The minimum Gasteiger partial charge on any atom is -0.444 e. The normalized spacial score (nSPS) is 35.6. The van der Waals surface area contributed by atoms with Gasteiger partial charge in [-0.3, -0.25) is 4.90 Å². The zero-order valence-corrected chi connectivity index (χ0v) is 12.9. The summed E-state index contributed by atoms with van der Waals surface area (Å²) in [5, 5.41) is 11.0. The van der Waals surface area contributed by atoms with Crippen molar-refractivity contribution in [3.8, 4) is 0 Å². The number of piperidine rings is 1. The molecule has 1 N–H and O–H groups in total. The largest absolute Gasteiger partial charge is 0.444 e. The summed E-state index contributed by atoms with van der Waals surface area (Å²) in [5.74, 6) is 0.468. The Labute approximate surface area is 121 Å². The zero-order valence-electron chi connectivity index (χ0n) is 12.9. The van der Waals surface area contributed by atoms with Gasteiger partial charge in [0.2, 0.25) is 0 Å². The van der Waals surface area contributed by atoms with Crippen molar-refractivity contribution in [2.45, 2.75) is 89.0 Å². The van der Waals surface area contributed by atoms with E-state index in [1.807, 2.05) is 25.7 Å². The molecule has 2 saturated carbocycles. The number of hydrogen-bond donors (Lipinski definition) is 1. The molecule has 0 spiro atoms. The Morgan fingerprint density at radius 1 is 1.25 bits per heavy atom. The summed E-state index contributed by atoms with van der Waals surface area (Å²) < 4.78 is 5.58. The number of aliphatic hydroxyl groups is 1. The van der Waals surface area contributed by atoms with E-state index in [-0.39, 0.29) is 18.2 Å². The van der Waals surface area contributed by atoms with E-state index in [9.17, 15) is 9.90 Å². The molecule has 0 unspecified atom stereocenters. The van der Waals surface area contributed by atoms with Crippen LogP contribution in [0.25, 0.3) is 0 Å². The number of nitrogens with zero attached hydrogens (tertiary/aromatic N) is 1. The molecule has 1 aliphatic heterocycles. The second-order valence-corrected chi connectivity index (χ2v) is 7.87. The Bertz CT molecular complexity index is 395. The summed E-state index contributed by atoms with van der Waals surface area (Å²) in [6.45, 7) is 5.70. The van der Waals surface area contributed by atoms with Crippen LogP contribution in [0.1, 0.15) is 65.7 Å². The third-order valence-electron chi connectivity index (χ3n) is 5.21. The van der Waals surface area contributed by atoms with Gasteiger partial charge in [0, 0.05) is 6.04 Å². The highest BCUT2D eigenvalue weighted by Gasteiger charge is 2.57. The van der Waals surface area contributed by atoms with Crippen molar-refractivity contribution in [1.82, 2.24) is 4.90 Å². The molecule has 3 rings (SSSR count). The maximum absolute atomic E-state index is 12.6. The summed E-state index contributed by atoms with van der Waals surface area (Å²) in [7, 11) is 0. The van der Waals surface area contributed by atoms with E-state index in [4.69, 9.17) is 4.74 Å². The molecule has 2 aliphatic carbocycles. The first-order valence-corrected chi connectivity index (χ1v) is 8.04. The molecule has 1 saturated heterocycles. The van der Waals surface area contributed by atoms with Crippen molar-refractivity contribution in [2.24, 2.45) is 5.92 Å². The highest BCUT2D eigenvalue weighted by Crippen LogP contribution is 2.50. The van der Waals surface area contributed by atoms with Gasteiger partial charge in [0.1, 0.15) is 5.60 Å². The van der Waals surface area contributed by atoms with E-state index >= 15 is 0 Å². The molecule has 3 aliphatic rings. The third kappa shape index (κ3) is 2.32. The second-order valence-electron chi connectivity index (χ2n) is 7.87. The van der Waals surface area contributed by atoms with E-state index in [0.29, 0.717) is 5.92 Å². The average Bonchev–Trinajstić information content (AvgIpc) is 3.00. The van der Waals surface area contributed by atoms with Gasteiger partial charge in [-0.25, -0.2) is 4.79 Å². The highest BCUT2D eigenvalue weighted by atomic mass is 16.6. The first-order chi connectivity index (χ1) is 9.30. The molecule has 0 aromatic heterocycles. The first kappa shape index (κ1) is 14.2. The first-order valence-electron chi connectivity index (χ1n) is 8.04. The Morgan fingerprint density at radius 2 is 1.90 bits per heavy atom. The molecular weight excluding hydrogens is 254 g/mol.